The van der Waals surface area contributed by atoms with E-state index >= 15 is 0 Å². The fourth-order valence-electron chi connectivity index (χ4n) is 3.67. The summed E-state index contributed by atoms with van der Waals surface area (Å²) in [5.74, 6) is 1.46. The first kappa shape index (κ1) is 18.6. The molecule has 0 radical (unpaired) electrons. The number of nitriles is 1. The van der Waals surface area contributed by atoms with Crippen LogP contribution in [0.2, 0.25) is 0 Å². The molecule has 0 spiro atoms. The average Bonchev–Trinajstić information content (AvgIpc) is 2.62. The third-order valence-electron chi connectivity index (χ3n) is 5.15. The van der Waals surface area contributed by atoms with Gasteiger partial charge in [0.1, 0.15) is 0 Å². The van der Waals surface area contributed by atoms with Gasteiger partial charge in [-0.05, 0) is 87.5 Å². The Morgan fingerprint density at radius 3 is 2.54 bits per heavy atom. The van der Waals surface area contributed by atoms with Gasteiger partial charge >= 0.3 is 0 Å². The number of allylic oxidation sites excluding steroid dienone is 1. The van der Waals surface area contributed by atoms with E-state index in [1.807, 2.05) is 18.4 Å². The summed E-state index contributed by atoms with van der Waals surface area (Å²) in [5.41, 5.74) is 2.15. The lowest BCUT2D eigenvalue weighted by molar-refractivity contribution is 0.120. The van der Waals surface area contributed by atoms with Crippen LogP contribution in [0.3, 0.4) is 0 Å². The van der Waals surface area contributed by atoms with Crippen LogP contribution in [-0.4, -0.2) is 6.10 Å². The molecule has 0 aliphatic heterocycles. The molecule has 1 aromatic rings. The number of benzene rings is 1. The van der Waals surface area contributed by atoms with Crippen molar-refractivity contribution in [3.05, 3.63) is 47.7 Å². The summed E-state index contributed by atoms with van der Waals surface area (Å²) in [6.07, 6.45) is 14.2. The lowest BCUT2D eigenvalue weighted by Gasteiger charge is -2.30. The molecular formula is C22H31NO. The van der Waals surface area contributed by atoms with Crippen molar-refractivity contribution in [2.45, 2.75) is 77.2 Å². The van der Waals surface area contributed by atoms with Gasteiger partial charge in [-0.2, -0.15) is 5.26 Å². The van der Waals surface area contributed by atoms with Gasteiger partial charge in [-0.25, -0.2) is 0 Å². The molecule has 1 atom stereocenters. The maximum Gasteiger partial charge on any atom is 0.0991 e. The molecule has 2 heteroatoms. The molecule has 1 aliphatic carbocycles. The van der Waals surface area contributed by atoms with Crippen LogP contribution in [0.15, 0.2) is 36.6 Å². The van der Waals surface area contributed by atoms with Crippen LogP contribution in [0.25, 0.3) is 0 Å². The summed E-state index contributed by atoms with van der Waals surface area (Å²) in [6.45, 7) is 4.41. The minimum absolute atomic E-state index is 0.319. The number of unbranched alkanes of at least 4 members (excludes halogenated alkanes) is 2. The second-order valence-electron chi connectivity index (χ2n) is 7.15. The van der Waals surface area contributed by atoms with E-state index in [1.165, 1.54) is 44.1 Å². The van der Waals surface area contributed by atoms with E-state index in [1.54, 1.807) is 0 Å². The summed E-state index contributed by atoms with van der Waals surface area (Å²) >= 11 is 0. The van der Waals surface area contributed by atoms with E-state index < -0.39 is 0 Å². The van der Waals surface area contributed by atoms with Crippen LogP contribution >= 0.6 is 0 Å². The molecule has 0 bridgehead atoms. The highest BCUT2D eigenvalue weighted by Crippen LogP contribution is 2.37. The minimum Gasteiger partial charge on any atom is -0.499 e. The van der Waals surface area contributed by atoms with Crippen molar-refractivity contribution < 1.29 is 4.74 Å². The predicted molar refractivity (Wildman–Crippen MR) is 99.7 cm³/mol. The maximum atomic E-state index is 8.89. The summed E-state index contributed by atoms with van der Waals surface area (Å²) in [4.78, 5) is 0. The summed E-state index contributed by atoms with van der Waals surface area (Å²) < 4.78 is 5.82. The largest absolute Gasteiger partial charge is 0.499 e. The fourth-order valence-corrected chi connectivity index (χ4v) is 3.67. The van der Waals surface area contributed by atoms with Crippen LogP contribution in [-0.2, 0) is 4.74 Å². The van der Waals surface area contributed by atoms with Crippen LogP contribution in [0.4, 0.5) is 0 Å². The Balaban J connectivity index is 1.70. The van der Waals surface area contributed by atoms with Gasteiger partial charge in [-0.1, -0.05) is 25.5 Å². The van der Waals surface area contributed by atoms with E-state index in [9.17, 15) is 0 Å². The van der Waals surface area contributed by atoms with E-state index in [0.29, 0.717) is 12.0 Å². The smallest absolute Gasteiger partial charge is 0.0991 e. The van der Waals surface area contributed by atoms with Crippen molar-refractivity contribution in [2.75, 3.05) is 0 Å². The van der Waals surface area contributed by atoms with E-state index in [0.717, 1.165) is 24.3 Å². The number of nitrogens with zero attached hydrogens (tertiary/aromatic N) is 1. The summed E-state index contributed by atoms with van der Waals surface area (Å²) in [6, 6.07) is 10.4. The molecule has 0 saturated heterocycles. The maximum absolute atomic E-state index is 8.89. The Kier molecular flexibility index (Phi) is 7.89. The Morgan fingerprint density at radius 2 is 1.92 bits per heavy atom. The zero-order chi connectivity index (χ0) is 17.2. The molecule has 1 fully saturated rings. The zero-order valence-electron chi connectivity index (χ0n) is 15.2. The van der Waals surface area contributed by atoms with Crippen molar-refractivity contribution >= 4 is 0 Å². The Labute approximate surface area is 147 Å². The third kappa shape index (κ3) is 6.04. The molecule has 0 aromatic heterocycles. The molecule has 1 saturated carbocycles. The molecule has 2 nitrogen and oxygen atoms in total. The molecule has 0 amide bonds. The highest BCUT2D eigenvalue weighted by atomic mass is 16.5. The molecular weight excluding hydrogens is 294 g/mol. The standard InChI is InChI=1S/C22H31NO/c1-3-4-5-6-15-24-18(2)16-19-7-11-21(12-8-19)22-13-9-20(17-23)10-14-22/h6,9-10,13-15,18-19,21H,3-5,7-8,11-12,16H2,1-2H3. The quantitative estimate of drug-likeness (QED) is 0.413. The van der Waals surface area contributed by atoms with Gasteiger partial charge in [0.15, 0.2) is 0 Å². The number of hydrogen-bond donors (Lipinski definition) is 0. The zero-order valence-corrected chi connectivity index (χ0v) is 15.2. The average molecular weight is 325 g/mol. The first-order valence-corrected chi connectivity index (χ1v) is 9.53. The number of ether oxygens (including phenoxy) is 1. The first-order valence-electron chi connectivity index (χ1n) is 9.53. The number of hydrogen-bond acceptors (Lipinski definition) is 2. The van der Waals surface area contributed by atoms with Crippen molar-refractivity contribution in [2.24, 2.45) is 5.92 Å². The normalized spacial score (nSPS) is 22.2. The molecule has 130 valence electrons. The summed E-state index contributed by atoms with van der Waals surface area (Å²) in [7, 11) is 0. The second kappa shape index (κ2) is 10.2. The van der Waals surface area contributed by atoms with E-state index in [2.05, 4.69) is 38.1 Å². The second-order valence-corrected chi connectivity index (χ2v) is 7.15. The van der Waals surface area contributed by atoms with Crippen molar-refractivity contribution in [1.82, 2.24) is 0 Å². The Bertz CT molecular complexity index is 532. The number of rotatable bonds is 8. The first-order chi connectivity index (χ1) is 11.7. The van der Waals surface area contributed by atoms with Gasteiger partial charge in [0.2, 0.25) is 0 Å². The molecule has 0 N–H and O–H groups in total. The molecule has 1 aliphatic rings. The SMILES string of the molecule is CCCCC=COC(C)CC1CCC(c2ccc(C#N)cc2)CC1. The molecule has 0 heterocycles. The summed E-state index contributed by atoms with van der Waals surface area (Å²) in [5, 5.41) is 8.89. The minimum atomic E-state index is 0.319. The Morgan fingerprint density at radius 1 is 1.21 bits per heavy atom. The van der Waals surface area contributed by atoms with Crippen LogP contribution in [0, 0.1) is 17.2 Å². The van der Waals surface area contributed by atoms with Gasteiger partial charge in [-0.15, -0.1) is 0 Å². The van der Waals surface area contributed by atoms with Crippen LogP contribution in [0.5, 0.6) is 0 Å². The predicted octanol–water partition coefficient (Wildman–Crippen LogP) is 6.33. The van der Waals surface area contributed by atoms with Gasteiger partial charge in [0.05, 0.1) is 24.0 Å². The third-order valence-corrected chi connectivity index (χ3v) is 5.15. The lowest BCUT2D eigenvalue weighted by Crippen LogP contribution is -2.18. The van der Waals surface area contributed by atoms with Gasteiger partial charge in [-0.3, -0.25) is 0 Å². The topological polar surface area (TPSA) is 33.0 Å². The lowest BCUT2D eigenvalue weighted by atomic mass is 9.77. The van der Waals surface area contributed by atoms with Gasteiger partial charge in [0, 0.05) is 0 Å². The highest BCUT2D eigenvalue weighted by Gasteiger charge is 2.23. The van der Waals surface area contributed by atoms with Crippen LogP contribution in [0.1, 0.15) is 82.3 Å². The van der Waals surface area contributed by atoms with Gasteiger partial charge in [0.25, 0.3) is 0 Å². The molecule has 2 rings (SSSR count). The molecule has 24 heavy (non-hydrogen) atoms. The van der Waals surface area contributed by atoms with Crippen LogP contribution < -0.4 is 0 Å². The molecule has 1 unspecified atom stereocenters. The van der Waals surface area contributed by atoms with Crippen molar-refractivity contribution in [3.8, 4) is 6.07 Å². The van der Waals surface area contributed by atoms with E-state index in [-0.39, 0.29) is 0 Å². The monoisotopic (exact) mass is 325 g/mol. The van der Waals surface area contributed by atoms with Crippen molar-refractivity contribution in [3.63, 3.8) is 0 Å². The highest BCUT2D eigenvalue weighted by molar-refractivity contribution is 5.33. The Hall–Kier alpha value is -1.75. The van der Waals surface area contributed by atoms with E-state index in [4.69, 9.17) is 10.00 Å². The van der Waals surface area contributed by atoms with Gasteiger partial charge < -0.3 is 4.74 Å². The fraction of sp³-hybridized carbons (Fsp3) is 0.591. The van der Waals surface area contributed by atoms with Crippen molar-refractivity contribution in [1.29, 1.82) is 5.26 Å². The molecule has 1 aromatic carbocycles.